The molecule has 0 saturated carbocycles. The number of hydrogen-bond acceptors (Lipinski definition) is 6. The molecule has 1 fully saturated rings. The van der Waals surface area contributed by atoms with E-state index in [0.29, 0.717) is 18.7 Å². The van der Waals surface area contributed by atoms with Crippen molar-refractivity contribution in [1.29, 1.82) is 0 Å². The first-order chi connectivity index (χ1) is 6.58. The molecule has 1 aromatic rings. The third-order valence-electron chi connectivity index (χ3n) is 2.36. The summed E-state index contributed by atoms with van der Waals surface area (Å²) in [7, 11) is -2.94. The van der Waals surface area contributed by atoms with E-state index in [-0.39, 0.29) is 17.0 Å². The fourth-order valence-electron chi connectivity index (χ4n) is 1.64. The van der Waals surface area contributed by atoms with Crippen LogP contribution in [0.1, 0.15) is 18.7 Å². The zero-order valence-corrected chi connectivity index (χ0v) is 8.33. The molecule has 7 heteroatoms. The van der Waals surface area contributed by atoms with Gasteiger partial charge in [-0.3, -0.25) is 0 Å². The Labute approximate surface area is 81.4 Å². The molecular formula is C7H11N3O3S. The maximum Gasteiger partial charge on any atom is 0.318 e. The minimum atomic E-state index is -2.94. The number of rotatable bonds is 2. The number of hydrogen-bond donors (Lipinski definition) is 1. The van der Waals surface area contributed by atoms with Crippen LogP contribution >= 0.6 is 0 Å². The van der Waals surface area contributed by atoms with Crippen molar-refractivity contribution in [3.05, 3.63) is 5.82 Å². The topological polar surface area (TPSA) is 99.1 Å². The van der Waals surface area contributed by atoms with Gasteiger partial charge in [-0.05, 0) is 12.8 Å². The first kappa shape index (κ1) is 9.45. The van der Waals surface area contributed by atoms with Crippen molar-refractivity contribution in [3.63, 3.8) is 0 Å². The number of nitrogens with two attached hydrogens (primary N) is 1. The van der Waals surface area contributed by atoms with Gasteiger partial charge in [0.25, 0.3) is 0 Å². The van der Waals surface area contributed by atoms with Crippen molar-refractivity contribution in [2.75, 3.05) is 11.5 Å². The molecule has 0 aromatic carbocycles. The summed E-state index contributed by atoms with van der Waals surface area (Å²) in [5.41, 5.74) is 5.23. The van der Waals surface area contributed by atoms with E-state index in [9.17, 15) is 8.42 Å². The second-order valence-electron chi connectivity index (χ2n) is 3.38. The summed E-state index contributed by atoms with van der Waals surface area (Å²) >= 11 is 0. The molecule has 2 heterocycles. The van der Waals surface area contributed by atoms with Crippen LogP contribution in [0.5, 0.6) is 0 Å². The molecule has 0 aliphatic carbocycles. The van der Waals surface area contributed by atoms with Gasteiger partial charge in [0.1, 0.15) is 0 Å². The number of nitrogens with zero attached hydrogens (tertiary/aromatic N) is 2. The summed E-state index contributed by atoms with van der Waals surface area (Å²) in [4.78, 5) is 3.78. The van der Waals surface area contributed by atoms with Crippen molar-refractivity contribution >= 4 is 15.9 Å². The molecule has 0 spiro atoms. The van der Waals surface area contributed by atoms with Gasteiger partial charge < -0.3 is 10.3 Å². The van der Waals surface area contributed by atoms with Crippen LogP contribution in [-0.2, 0) is 16.3 Å². The van der Waals surface area contributed by atoms with Gasteiger partial charge in [-0.2, -0.15) is 4.98 Å². The van der Waals surface area contributed by atoms with Gasteiger partial charge in [-0.15, -0.1) is 0 Å². The fraction of sp³-hybridized carbons (Fsp3) is 0.714. The number of sulfone groups is 1. The van der Waals surface area contributed by atoms with Crippen LogP contribution in [0.15, 0.2) is 4.52 Å². The molecule has 1 unspecified atom stereocenters. The zero-order valence-electron chi connectivity index (χ0n) is 7.51. The predicted octanol–water partition coefficient (Wildman–Crippen LogP) is -0.228. The molecule has 0 radical (unpaired) electrons. The molecule has 6 nitrogen and oxygen atoms in total. The lowest BCUT2D eigenvalue weighted by Crippen LogP contribution is -2.19. The van der Waals surface area contributed by atoms with Crippen molar-refractivity contribution in [1.82, 2.24) is 10.1 Å². The average Bonchev–Trinajstić information content (AvgIpc) is 2.61. The molecule has 1 atom stereocenters. The molecule has 78 valence electrons. The van der Waals surface area contributed by atoms with E-state index in [1.54, 1.807) is 0 Å². The molecule has 1 aliphatic heterocycles. The van der Waals surface area contributed by atoms with Gasteiger partial charge in [-0.25, -0.2) is 8.42 Å². The maximum atomic E-state index is 11.5. The van der Waals surface area contributed by atoms with Crippen LogP contribution in [0.4, 0.5) is 6.01 Å². The molecule has 14 heavy (non-hydrogen) atoms. The predicted molar refractivity (Wildman–Crippen MR) is 49.2 cm³/mol. The SMILES string of the molecule is Nc1nc(CC2CCCS2(=O)=O)no1. The van der Waals surface area contributed by atoms with E-state index in [1.165, 1.54) is 0 Å². The van der Waals surface area contributed by atoms with Gasteiger partial charge in [0.2, 0.25) is 0 Å². The van der Waals surface area contributed by atoms with Crippen LogP contribution in [0.3, 0.4) is 0 Å². The Balaban J connectivity index is 2.12. The first-order valence-corrected chi connectivity index (χ1v) is 6.09. The highest BCUT2D eigenvalue weighted by atomic mass is 32.2. The largest absolute Gasteiger partial charge is 0.351 e. The molecule has 2 rings (SSSR count). The lowest BCUT2D eigenvalue weighted by atomic mass is 10.2. The van der Waals surface area contributed by atoms with E-state index in [0.717, 1.165) is 6.42 Å². The Hall–Kier alpha value is -1.11. The number of anilines is 1. The van der Waals surface area contributed by atoms with E-state index in [1.807, 2.05) is 0 Å². The number of nitrogen functional groups attached to an aromatic ring is 1. The highest BCUT2D eigenvalue weighted by Gasteiger charge is 2.32. The average molecular weight is 217 g/mol. The molecule has 1 aromatic heterocycles. The van der Waals surface area contributed by atoms with Crippen molar-refractivity contribution in [2.24, 2.45) is 0 Å². The van der Waals surface area contributed by atoms with Gasteiger partial charge >= 0.3 is 6.01 Å². The van der Waals surface area contributed by atoms with Gasteiger partial charge in [-0.1, -0.05) is 5.16 Å². The van der Waals surface area contributed by atoms with Crippen molar-refractivity contribution in [3.8, 4) is 0 Å². The Morgan fingerprint density at radius 2 is 2.36 bits per heavy atom. The highest BCUT2D eigenvalue weighted by molar-refractivity contribution is 7.92. The Kier molecular flexibility index (Phi) is 2.18. The van der Waals surface area contributed by atoms with Crippen LogP contribution in [0, 0.1) is 0 Å². The third-order valence-corrected chi connectivity index (χ3v) is 4.63. The Morgan fingerprint density at radius 1 is 1.57 bits per heavy atom. The van der Waals surface area contributed by atoms with Crippen molar-refractivity contribution < 1.29 is 12.9 Å². The Bertz CT molecular complexity index is 425. The van der Waals surface area contributed by atoms with Crippen LogP contribution in [-0.4, -0.2) is 29.6 Å². The standard InChI is InChI=1S/C7H11N3O3S/c8-7-9-6(10-13-7)4-5-2-1-3-14(5,11)12/h5H,1-4H2,(H2,8,9,10). The molecule has 1 saturated heterocycles. The second-order valence-corrected chi connectivity index (χ2v) is 5.78. The molecule has 0 amide bonds. The maximum absolute atomic E-state index is 11.5. The summed E-state index contributed by atoms with van der Waals surface area (Å²) in [5, 5.41) is 3.21. The molecule has 1 aliphatic rings. The minimum Gasteiger partial charge on any atom is -0.351 e. The van der Waals surface area contributed by atoms with E-state index >= 15 is 0 Å². The lowest BCUT2D eigenvalue weighted by Gasteiger charge is -2.04. The van der Waals surface area contributed by atoms with E-state index in [2.05, 4.69) is 14.7 Å². The van der Waals surface area contributed by atoms with Gasteiger partial charge in [0.05, 0.1) is 11.0 Å². The zero-order chi connectivity index (χ0) is 10.2. The summed E-state index contributed by atoms with van der Waals surface area (Å²) < 4.78 is 27.5. The van der Waals surface area contributed by atoms with Crippen molar-refractivity contribution in [2.45, 2.75) is 24.5 Å². The van der Waals surface area contributed by atoms with Gasteiger partial charge in [0.15, 0.2) is 15.7 Å². The summed E-state index contributed by atoms with van der Waals surface area (Å²) in [6.45, 7) is 0. The Morgan fingerprint density at radius 3 is 2.86 bits per heavy atom. The second kappa shape index (κ2) is 3.23. The monoisotopic (exact) mass is 217 g/mol. The fourth-order valence-corrected chi connectivity index (χ4v) is 3.47. The van der Waals surface area contributed by atoms with Crippen LogP contribution < -0.4 is 5.73 Å². The van der Waals surface area contributed by atoms with E-state index in [4.69, 9.17) is 5.73 Å². The van der Waals surface area contributed by atoms with Crippen LogP contribution in [0.2, 0.25) is 0 Å². The van der Waals surface area contributed by atoms with Gasteiger partial charge in [0, 0.05) is 6.42 Å². The smallest absolute Gasteiger partial charge is 0.318 e. The minimum absolute atomic E-state index is 0.0182. The first-order valence-electron chi connectivity index (χ1n) is 4.37. The lowest BCUT2D eigenvalue weighted by molar-refractivity contribution is 0.425. The van der Waals surface area contributed by atoms with E-state index < -0.39 is 9.84 Å². The number of aromatic nitrogens is 2. The highest BCUT2D eigenvalue weighted by Crippen LogP contribution is 2.22. The normalized spacial score (nSPS) is 25.3. The summed E-state index contributed by atoms with van der Waals surface area (Å²) in [6.07, 6.45) is 1.71. The molecular weight excluding hydrogens is 206 g/mol. The quantitative estimate of drug-likeness (QED) is 0.734. The summed E-state index contributed by atoms with van der Waals surface area (Å²) in [5.74, 6) is 0.642. The summed E-state index contributed by atoms with van der Waals surface area (Å²) in [6, 6.07) is -0.0182. The van der Waals surface area contributed by atoms with Crippen LogP contribution in [0.25, 0.3) is 0 Å². The third kappa shape index (κ3) is 1.72. The molecule has 0 bridgehead atoms. The molecule has 2 N–H and O–H groups in total.